The summed E-state index contributed by atoms with van der Waals surface area (Å²) < 4.78 is 20.9. The fourth-order valence-electron chi connectivity index (χ4n) is 5.43. The van der Waals surface area contributed by atoms with Crippen LogP contribution in [0.1, 0.15) is 18.1 Å². The molecule has 2 aromatic heterocycles. The van der Waals surface area contributed by atoms with Crippen LogP contribution in [-0.4, -0.2) is 95.3 Å². The van der Waals surface area contributed by atoms with Gasteiger partial charge in [0.05, 0.1) is 24.6 Å². The van der Waals surface area contributed by atoms with Crippen molar-refractivity contribution >= 4 is 17.5 Å². The molecule has 9 nitrogen and oxygen atoms in total. The Kier molecular flexibility index (Phi) is 6.95. The summed E-state index contributed by atoms with van der Waals surface area (Å²) in [5.74, 6) is 1.17. The molecule has 2 fully saturated rings. The lowest BCUT2D eigenvalue weighted by atomic mass is 10.1. The van der Waals surface area contributed by atoms with E-state index in [1.165, 1.54) is 6.33 Å². The van der Waals surface area contributed by atoms with Gasteiger partial charge in [-0.15, -0.1) is 0 Å². The number of hydrogen-bond donors (Lipinski definition) is 0. The van der Waals surface area contributed by atoms with Gasteiger partial charge < -0.3 is 19.4 Å². The number of ether oxygens (including phenoxy) is 1. The third-order valence-electron chi connectivity index (χ3n) is 7.56. The number of morpholine rings is 1. The predicted molar refractivity (Wildman–Crippen MR) is 141 cm³/mol. The highest BCUT2D eigenvalue weighted by atomic mass is 19.1. The molecule has 6 rings (SSSR count). The number of halogens is 1. The van der Waals surface area contributed by atoms with Gasteiger partial charge in [0.15, 0.2) is 0 Å². The summed E-state index contributed by atoms with van der Waals surface area (Å²) in [4.78, 5) is 27.4. The summed E-state index contributed by atoms with van der Waals surface area (Å²) in [5.41, 5.74) is 4.37. The highest BCUT2D eigenvalue weighted by Crippen LogP contribution is 2.40. The van der Waals surface area contributed by atoms with Gasteiger partial charge in [-0.3, -0.25) is 4.90 Å². The Morgan fingerprint density at radius 2 is 1.68 bits per heavy atom. The van der Waals surface area contributed by atoms with Crippen molar-refractivity contribution in [1.82, 2.24) is 29.7 Å². The van der Waals surface area contributed by atoms with E-state index in [9.17, 15) is 0 Å². The number of piperazine rings is 1. The zero-order valence-corrected chi connectivity index (χ0v) is 21.3. The van der Waals surface area contributed by atoms with Crippen LogP contribution in [-0.2, 0) is 17.7 Å². The van der Waals surface area contributed by atoms with E-state index in [1.807, 2.05) is 17.0 Å². The van der Waals surface area contributed by atoms with Crippen LogP contribution in [0.4, 0.5) is 21.8 Å². The molecule has 5 heterocycles. The van der Waals surface area contributed by atoms with E-state index in [4.69, 9.17) is 14.7 Å². The standard InChI is InChI=1S/C27H33FN8O/c1-2-33-7-9-34(10-8-33)18-20-3-4-23(28)24(15-20)36-6-5-22-25(21-16-29-19-30-17-21)31-27(32-26(22)36)35-11-13-37-14-12-35/h3-4,15-17,19H,2,5-14,18H2,1H3. The minimum atomic E-state index is -0.233. The van der Waals surface area contributed by atoms with Gasteiger partial charge in [-0.05, 0) is 30.7 Å². The number of benzene rings is 1. The molecule has 0 aliphatic carbocycles. The second-order valence-electron chi connectivity index (χ2n) is 9.80. The number of aromatic nitrogens is 4. The highest BCUT2D eigenvalue weighted by Gasteiger charge is 2.31. The van der Waals surface area contributed by atoms with Crippen molar-refractivity contribution in [1.29, 1.82) is 0 Å². The number of hydrogen-bond acceptors (Lipinski definition) is 9. The van der Waals surface area contributed by atoms with Gasteiger partial charge in [-0.2, -0.15) is 4.98 Å². The molecule has 1 aromatic carbocycles. The number of likely N-dealkylation sites (N-methyl/N-ethyl adjacent to an activating group) is 1. The third-order valence-corrected chi connectivity index (χ3v) is 7.56. The first-order chi connectivity index (χ1) is 18.2. The average molecular weight is 505 g/mol. The second kappa shape index (κ2) is 10.6. The van der Waals surface area contributed by atoms with Crippen LogP contribution in [0.5, 0.6) is 0 Å². The molecular formula is C27H33FN8O. The van der Waals surface area contributed by atoms with Crippen LogP contribution < -0.4 is 9.80 Å². The minimum absolute atomic E-state index is 0.233. The quantitative estimate of drug-likeness (QED) is 0.504. The lowest BCUT2D eigenvalue weighted by Gasteiger charge is -2.34. The largest absolute Gasteiger partial charge is 0.378 e. The molecule has 0 bridgehead atoms. The summed E-state index contributed by atoms with van der Waals surface area (Å²) in [6, 6.07) is 5.51. The predicted octanol–water partition coefficient (Wildman–Crippen LogP) is 2.74. The van der Waals surface area contributed by atoms with Crippen molar-refractivity contribution in [3.05, 3.63) is 53.9 Å². The van der Waals surface area contributed by atoms with Crippen LogP contribution in [0.3, 0.4) is 0 Å². The van der Waals surface area contributed by atoms with E-state index in [1.54, 1.807) is 18.5 Å². The van der Waals surface area contributed by atoms with Crippen molar-refractivity contribution in [3.63, 3.8) is 0 Å². The van der Waals surface area contributed by atoms with Crippen molar-refractivity contribution in [2.45, 2.75) is 19.9 Å². The van der Waals surface area contributed by atoms with E-state index in [0.717, 1.165) is 87.0 Å². The van der Waals surface area contributed by atoms with Gasteiger partial charge in [0, 0.05) is 75.9 Å². The lowest BCUT2D eigenvalue weighted by Crippen LogP contribution is -2.45. The minimum Gasteiger partial charge on any atom is -0.378 e. The molecule has 10 heteroatoms. The zero-order chi connectivity index (χ0) is 25.2. The van der Waals surface area contributed by atoms with Crippen LogP contribution in [0.2, 0.25) is 0 Å². The van der Waals surface area contributed by atoms with E-state index in [0.29, 0.717) is 31.4 Å². The molecule has 0 radical (unpaired) electrons. The van der Waals surface area contributed by atoms with Gasteiger partial charge in [0.2, 0.25) is 5.95 Å². The molecule has 3 aromatic rings. The average Bonchev–Trinajstić information content (AvgIpc) is 3.39. The van der Waals surface area contributed by atoms with Crippen LogP contribution >= 0.6 is 0 Å². The van der Waals surface area contributed by atoms with Gasteiger partial charge in [0.25, 0.3) is 0 Å². The second-order valence-corrected chi connectivity index (χ2v) is 9.80. The molecular weight excluding hydrogens is 471 g/mol. The van der Waals surface area contributed by atoms with Crippen LogP contribution in [0.15, 0.2) is 36.9 Å². The van der Waals surface area contributed by atoms with Crippen molar-refractivity contribution < 1.29 is 9.13 Å². The monoisotopic (exact) mass is 504 g/mol. The van der Waals surface area contributed by atoms with Crippen molar-refractivity contribution in [3.8, 4) is 11.3 Å². The van der Waals surface area contributed by atoms with Crippen molar-refractivity contribution in [2.24, 2.45) is 0 Å². The number of rotatable bonds is 6. The Hall–Kier alpha value is -3.21. The molecule has 0 spiro atoms. The highest BCUT2D eigenvalue weighted by molar-refractivity contribution is 5.77. The Morgan fingerprint density at radius 1 is 0.919 bits per heavy atom. The molecule has 3 aliphatic rings. The Bertz CT molecular complexity index is 1230. The fourth-order valence-corrected chi connectivity index (χ4v) is 5.43. The molecule has 0 N–H and O–H groups in total. The van der Waals surface area contributed by atoms with Gasteiger partial charge in [-0.1, -0.05) is 13.0 Å². The van der Waals surface area contributed by atoms with E-state index in [-0.39, 0.29) is 5.82 Å². The molecule has 2 saturated heterocycles. The van der Waals surface area contributed by atoms with E-state index >= 15 is 4.39 Å². The topological polar surface area (TPSA) is 73.8 Å². The Morgan fingerprint density at radius 3 is 2.43 bits per heavy atom. The summed E-state index contributed by atoms with van der Waals surface area (Å²) in [6.07, 6.45) is 5.80. The maximum absolute atomic E-state index is 15.3. The Balaban J connectivity index is 1.34. The van der Waals surface area contributed by atoms with Crippen LogP contribution in [0, 0.1) is 5.82 Å². The van der Waals surface area contributed by atoms with Gasteiger partial charge in [-0.25, -0.2) is 19.3 Å². The fraction of sp³-hybridized carbons (Fsp3) is 0.481. The molecule has 0 atom stereocenters. The molecule has 0 unspecified atom stereocenters. The third kappa shape index (κ3) is 5.01. The summed E-state index contributed by atoms with van der Waals surface area (Å²) in [6.45, 7) is 11.7. The molecule has 0 saturated carbocycles. The SMILES string of the molecule is CCN1CCN(Cc2ccc(F)c(N3CCc4c(-c5cncnc5)nc(N5CCOCC5)nc43)c2)CC1. The molecule has 0 amide bonds. The first-order valence-corrected chi connectivity index (χ1v) is 13.2. The summed E-state index contributed by atoms with van der Waals surface area (Å²) >= 11 is 0. The normalized spacial score (nSPS) is 18.9. The molecule has 3 aliphatic heterocycles. The van der Waals surface area contributed by atoms with E-state index < -0.39 is 0 Å². The van der Waals surface area contributed by atoms with Gasteiger partial charge >= 0.3 is 0 Å². The first kappa shape index (κ1) is 24.1. The zero-order valence-electron chi connectivity index (χ0n) is 21.3. The molecule has 194 valence electrons. The Labute approximate surface area is 216 Å². The summed E-state index contributed by atoms with van der Waals surface area (Å²) in [7, 11) is 0. The van der Waals surface area contributed by atoms with Crippen molar-refractivity contribution in [2.75, 3.05) is 75.4 Å². The molecule has 37 heavy (non-hydrogen) atoms. The smallest absolute Gasteiger partial charge is 0.228 e. The summed E-state index contributed by atoms with van der Waals surface area (Å²) in [5, 5.41) is 0. The van der Waals surface area contributed by atoms with E-state index in [2.05, 4.69) is 31.6 Å². The maximum atomic E-state index is 15.3. The number of anilines is 3. The number of fused-ring (bicyclic) bond motifs is 1. The van der Waals surface area contributed by atoms with Crippen LogP contribution in [0.25, 0.3) is 11.3 Å². The first-order valence-electron chi connectivity index (χ1n) is 13.2. The van der Waals surface area contributed by atoms with Gasteiger partial charge in [0.1, 0.15) is 18.0 Å². The number of nitrogens with zero attached hydrogens (tertiary/aromatic N) is 8. The maximum Gasteiger partial charge on any atom is 0.228 e. The lowest BCUT2D eigenvalue weighted by molar-refractivity contribution is 0.122.